The Kier molecular flexibility index (Phi) is 7.65. The van der Waals surface area contributed by atoms with E-state index in [1.165, 1.54) is 36.5 Å². The lowest BCUT2D eigenvalue weighted by atomic mass is 9.97. The molecule has 2 heterocycles. The third-order valence-electron chi connectivity index (χ3n) is 6.31. The molecule has 0 aliphatic carbocycles. The van der Waals surface area contributed by atoms with Gasteiger partial charge in [-0.25, -0.2) is 4.39 Å². The predicted octanol–water partition coefficient (Wildman–Crippen LogP) is 3.54. The van der Waals surface area contributed by atoms with Crippen LogP contribution < -0.4 is 0 Å². The van der Waals surface area contributed by atoms with E-state index < -0.39 is 56.9 Å². The summed E-state index contributed by atoms with van der Waals surface area (Å²) in [5, 5.41) is 0. The second-order valence-corrected chi connectivity index (χ2v) is 12.7. The summed E-state index contributed by atoms with van der Waals surface area (Å²) in [5.74, 6) is -0.527. The van der Waals surface area contributed by atoms with Crippen LogP contribution in [0.5, 0.6) is 0 Å². The van der Waals surface area contributed by atoms with Gasteiger partial charge in [0.05, 0.1) is 22.8 Å². The molecule has 2 aromatic carbocycles. The minimum Gasteiger partial charge on any atom is -0.346 e. The Bertz CT molecular complexity index is 1470. The van der Waals surface area contributed by atoms with Crippen molar-refractivity contribution in [3.8, 4) is 0 Å². The van der Waals surface area contributed by atoms with Gasteiger partial charge in [0, 0.05) is 6.20 Å². The fourth-order valence-electron chi connectivity index (χ4n) is 4.14. The number of hydrogen-bond acceptors (Lipinski definition) is 8. The lowest BCUT2D eigenvalue weighted by Crippen LogP contribution is -2.52. The van der Waals surface area contributed by atoms with Crippen LogP contribution in [-0.2, 0) is 38.1 Å². The van der Waals surface area contributed by atoms with Gasteiger partial charge in [0.15, 0.2) is 11.9 Å². The highest BCUT2D eigenvalue weighted by atomic mass is 32.2. The van der Waals surface area contributed by atoms with Crippen LogP contribution in [0.4, 0.5) is 4.39 Å². The van der Waals surface area contributed by atoms with Gasteiger partial charge in [-0.3, -0.25) is 18.1 Å². The minimum absolute atomic E-state index is 0.0946. The summed E-state index contributed by atoms with van der Waals surface area (Å²) in [5.41, 5.74) is -0.453. The Labute approximate surface area is 221 Å². The first kappa shape index (κ1) is 28.1. The number of ether oxygens (including phenoxy) is 1. The van der Waals surface area contributed by atoms with Gasteiger partial charge in [-0.2, -0.15) is 16.8 Å². The standard InChI is InChI=1S/C26H28FNO8S2/c1-17-5-9-20(10-6-17)37(30,31)34-16-22-24(36-38(32,33)21-11-7-18(2)8-12-21)26(4,27)25(35-22)28-14-13-19(3)15-23(28)29/h5-14,22,24-25H,3,15-16H2,1-2,4H3/t22-,24-,25-,26-/m1/s1. The third-order valence-corrected chi connectivity index (χ3v) is 8.91. The van der Waals surface area contributed by atoms with Gasteiger partial charge in [0.2, 0.25) is 5.91 Å². The maximum Gasteiger partial charge on any atom is 0.297 e. The summed E-state index contributed by atoms with van der Waals surface area (Å²) in [4.78, 5) is 13.3. The van der Waals surface area contributed by atoms with Crippen molar-refractivity contribution < 1.29 is 39.1 Å². The number of nitrogens with zero attached hydrogens (tertiary/aromatic N) is 1. The molecule has 0 radical (unpaired) electrons. The number of aryl methyl sites for hydroxylation is 2. The Morgan fingerprint density at radius 1 is 1.00 bits per heavy atom. The quantitative estimate of drug-likeness (QED) is 0.447. The molecule has 1 amide bonds. The normalized spacial score (nSPS) is 26.2. The molecule has 12 heteroatoms. The summed E-state index contributed by atoms with van der Waals surface area (Å²) in [7, 11) is -8.81. The van der Waals surface area contributed by atoms with Gasteiger partial charge in [-0.05, 0) is 56.7 Å². The van der Waals surface area contributed by atoms with Crippen LogP contribution in [0.25, 0.3) is 0 Å². The van der Waals surface area contributed by atoms with Crippen LogP contribution in [0.3, 0.4) is 0 Å². The summed E-state index contributed by atoms with van der Waals surface area (Å²) in [6.45, 7) is 7.53. The van der Waals surface area contributed by atoms with Gasteiger partial charge in [-0.15, -0.1) is 0 Å². The molecular formula is C26H28FNO8S2. The molecule has 0 aromatic heterocycles. The van der Waals surface area contributed by atoms with Gasteiger partial charge < -0.3 is 4.74 Å². The number of halogens is 1. The lowest BCUT2D eigenvalue weighted by molar-refractivity contribution is -0.147. The van der Waals surface area contributed by atoms with Crippen LogP contribution in [0, 0.1) is 13.8 Å². The van der Waals surface area contributed by atoms with E-state index in [9.17, 15) is 21.6 Å². The second-order valence-electron chi connectivity index (χ2n) is 9.47. The maximum absolute atomic E-state index is 16.4. The van der Waals surface area contributed by atoms with Gasteiger partial charge >= 0.3 is 0 Å². The molecule has 2 aromatic rings. The Morgan fingerprint density at radius 3 is 2.05 bits per heavy atom. The molecule has 4 atom stereocenters. The molecule has 0 spiro atoms. The Balaban J connectivity index is 1.65. The Morgan fingerprint density at radius 2 is 1.53 bits per heavy atom. The van der Waals surface area contributed by atoms with Gasteiger partial charge in [0.1, 0.15) is 12.2 Å². The molecule has 0 unspecified atom stereocenters. The van der Waals surface area contributed by atoms with Crippen LogP contribution in [-0.4, -0.2) is 58.4 Å². The second kappa shape index (κ2) is 10.3. The van der Waals surface area contributed by atoms with Crippen LogP contribution in [0.15, 0.2) is 82.7 Å². The molecular weight excluding hydrogens is 537 g/mol. The fourth-order valence-corrected chi connectivity index (χ4v) is 6.23. The Hall–Kier alpha value is -2.90. The fraction of sp³-hybridized carbons (Fsp3) is 0.346. The smallest absolute Gasteiger partial charge is 0.297 e. The molecule has 204 valence electrons. The zero-order chi connectivity index (χ0) is 27.9. The summed E-state index contributed by atoms with van der Waals surface area (Å²) >= 11 is 0. The molecule has 38 heavy (non-hydrogen) atoms. The molecule has 2 aliphatic rings. The SMILES string of the molecule is C=C1C=CN([C@@H]2O[C@H](COS(=O)(=O)c3ccc(C)cc3)[C@@H](OS(=O)(=O)c3ccc(C)cc3)[C@@]2(C)F)C(=O)C1. The number of carbonyl (C=O) groups is 1. The van der Waals surface area contributed by atoms with E-state index in [4.69, 9.17) is 13.1 Å². The number of amides is 1. The van der Waals surface area contributed by atoms with E-state index in [1.807, 2.05) is 0 Å². The average molecular weight is 566 g/mol. The molecule has 0 N–H and O–H groups in total. The van der Waals surface area contributed by atoms with Crippen LogP contribution in [0.1, 0.15) is 24.5 Å². The highest BCUT2D eigenvalue weighted by Crippen LogP contribution is 2.41. The molecule has 4 rings (SSSR count). The largest absolute Gasteiger partial charge is 0.346 e. The highest BCUT2D eigenvalue weighted by Gasteiger charge is 2.60. The van der Waals surface area contributed by atoms with E-state index >= 15 is 4.39 Å². The van der Waals surface area contributed by atoms with E-state index in [1.54, 1.807) is 38.1 Å². The first-order valence-corrected chi connectivity index (χ1v) is 14.5. The number of alkyl halides is 1. The number of rotatable bonds is 8. The zero-order valence-corrected chi connectivity index (χ0v) is 22.7. The van der Waals surface area contributed by atoms with Crippen LogP contribution in [0.2, 0.25) is 0 Å². The summed E-state index contributed by atoms with van der Waals surface area (Å²) in [6.07, 6.45) is -2.28. The molecule has 1 fully saturated rings. The topological polar surface area (TPSA) is 116 Å². The van der Waals surface area contributed by atoms with Gasteiger partial charge in [0.25, 0.3) is 20.2 Å². The van der Waals surface area contributed by atoms with Crippen LogP contribution >= 0.6 is 0 Å². The summed E-state index contributed by atoms with van der Waals surface area (Å²) in [6, 6.07) is 11.6. The minimum atomic E-state index is -4.51. The van der Waals surface area contributed by atoms with Gasteiger partial charge in [-0.1, -0.05) is 42.0 Å². The molecule has 2 aliphatic heterocycles. The lowest BCUT2D eigenvalue weighted by Gasteiger charge is -2.34. The van der Waals surface area contributed by atoms with E-state index in [0.29, 0.717) is 5.57 Å². The van der Waals surface area contributed by atoms with Crippen molar-refractivity contribution in [2.75, 3.05) is 6.61 Å². The van der Waals surface area contributed by atoms with E-state index in [-0.39, 0.29) is 16.2 Å². The zero-order valence-electron chi connectivity index (χ0n) is 21.0. The first-order chi connectivity index (χ1) is 17.7. The van der Waals surface area contributed by atoms with Crippen molar-refractivity contribution in [1.29, 1.82) is 0 Å². The van der Waals surface area contributed by atoms with Crippen molar-refractivity contribution in [2.45, 2.75) is 61.1 Å². The number of benzene rings is 2. The number of hydrogen-bond donors (Lipinski definition) is 0. The monoisotopic (exact) mass is 565 g/mol. The van der Waals surface area contributed by atoms with Crippen molar-refractivity contribution >= 4 is 26.1 Å². The molecule has 0 saturated carbocycles. The number of carbonyl (C=O) groups excluding carboxylic acids is 1. The van der Waals surface area contributed by atoms with Crippen molar-refractivity contribution in [3.05, 3.63) is 84.1 Å². The van der Waals surface area contributed by atoms with Crippen molar-refractivity contribution in [2.24, 2.45) is 0 Å². The first-order valence-electron chi connectivity index (χ1n) is 11.7. The average Bonchev–Trinajstić information content (AvgIpc) is 3.07. The maximum atomic E-state index is 16.4. The molecule has 1 saturated heterocycles. The summed E-state index contributed by atoms with van der Waals surface area (Å²) < 4.78 is 84.3. The van der Waals surface area contributed by atoms with Crippen molar-refractivity contribution in [1.82, 2.24) is 4.90 Å². The highest BCUT2D eigenvalue weighted by molar-refractivity contribution is 7.87. The molecule has 0 bridgehead atoms. The van der Waals surface area contributed by atoms with E-state index in [2.05, 4.69) is 6.58 Å². The van der Waals surface area contributed by atoms with Crippen molar-refractivity contribution in [3.63, 3.8) is 0 Å². The predicted molar refractivity (Wildman–Crippen MR) is 135 cm³/mol. The molecule has 9 nitrogen and oxygen atoms in total. The number of allylic oxidation sites excluding steroid dienone is 1. The van der Waals surface area contributed by atoms with E-state index in [0.717, 1.165) is 23.0 Å². The third kappa shape index (κ3) is 5.74.